The van der Waals surface area contributed by atoms with Crippen LogP contribution in [-0.2, 0) is 9.53 Å². The van der Waals surface area contributed by atoms with Gasteiger partial charge >= 0.3 is 0 Å². The van der Waals surface area contributed by atoms with Gasteiger partial charge in [-0.3, -0.25) is 4.79 Å². The first-order chi connectivity index (χ1) is 10.4. The number of benzene rings is 1. The van der Waals surface area contributed by atoms with Crippen molar-refractivity contribution in [2.24, 2.45) is 5.41 Å². The van der Waals surface area contributed by atoms with Gasteiger partial charge in [0.1, 0.15) is 5.82 Å². The molecular formula is C17H25FN2O2. The molecule has 1 amide bonds. The molecule has 2 rings (SSSR count). The summed E-state index contributed by atoms with van der Waals surface area (Å²) in [5.74, 6) is -0.317. The molecule has 1 aromatic rings. The Balaban J connectivity index is 2.03. The molecule has 122 valence electrons. The Labute approximate surface area is 131 Å². The molecule has 22 heavy (non-hydrogen) atoms. The summed E-state index contributed by atoms with van der Waals surface area (Å²) in [5.41, 5.74) is 0.740. The maximum atomic E-state index is 13.1. The number of carbonyl (C=O) groups excluding carboxylic acids is 1. The highest BCUT2D eigenvalue weighted by Crippen LogP contribution is 2.32. The number of morpholine rings is 1. The third kappa shape index (κ3) is 4.78. The number of hydrogen-bond donors (Lipinski definition) is 2. The Morgan fingerprint density at radius 3 is 2.64 bits per heavy atom. The van der Waals surface area contributed by atoms with Gasteiger partial charge in [0.25, 0.3) is 0 Å². The van der Waals surface area contributed by atoms with Gasteiger partial charge in [-0.25, -0.2) is 4.39 Å². The van der Waals surface area contributed by atoms with E-state index in [4.69, 9.17) is 4.74 Å². The van der Waals surface area contributed by atoms with Crippen LogP contribution in [0, 0.1) is 11.2 Å². The fraction of sp³-hybridized carbons (Fsp3) is 0.588. The molecule has 1 heterocycles. The van der Waals surface area contributed by atoms with Crippen LogP contribution in [0.25, 0.3) is 0 Å². The zero-order chi connectivity index (χ0) is 16.2. The molecule has 2 unspecified atom stereocenters. The second-order valence-electron chi connectivity index (χ2n) is 6.82. The molecule has 1 aromatic carbocycles. The Morgan fingerprint density at radius 1 is 1.41 bits per heavy atom. The maximum absolute atomic E-state index is 13.1. The monoisotopic (exact) mass is 308 g/mol. The van der Waals surface area contributed by atoms with Crippen LogP contribution in [0.1, 0.15) is 38.8 Å². The minimum atomic E-state index is -0.274. The Hall–Kier alpha value is -1.46. The quantitative estimate of drug-likeness (QED) is 0.898. The van der Waals surface area contributed by atoms with Crippen LogP contribution >= 0.6 is 0 Å². The van der Waals surface area contributed by atoms with E-state index in [-0.39, 0.29) is 29.3 Å². The van der Waals surface area contributed by atoms with Crippen LogP contribution in [0.4, 0.5) is 4.39 Å². The third-order valence-corrected chi connectivity index (χ3v) is 3.79. The van der Waals surface area contributed by atoms with E-state index in [1.165, 1.54) is 12.1 Å². The van der Waals surface area contributed by atoms with E-state index in [9.17, 15) is 9.18 Å². The van der Waals surface area contributed by atoms with E-state index < -0.39 is 0 Å². The van der Waals surface area contributed by atoms with Crippen LogP contribution < -0.4 is 10.6 Å². The lowest BCUT2D eigenvalue weighted by Gasteiger charge is -2.33. The van der Waals surface area contributed by atoms with Crippen molar-refractivity contribution >= 4 is 5.91 Å². The van der Waals surface area contributed by atoms with Gasteiger partial charge in [-0.15, -0.1) is 0 Å². The number of ether oxygens (including phenoxy) is 1. The van der Waals surface area contributed by atoms with Gasteiger partial charge in [0, 0.05) is 13.1 Å². The fourth-order valence-electron chi connectivity index (χ4n) is 2.63. The summed E-state index contributed by atoms with van der Waals surface area (Å²) >= 11 is 0. The van der Waals surface area contributed by atoms with Gasteiger partial charge in [-0.1, -0.05) is 32.9 Å². The fourth-order valence-corrected chi connectivity index (χ4v) is 2.63. The molecule has 1 aliphatic heterocycles. The van der Waals surface area contributed by atoms with Crippen molar-refractivity contribution in [3.63, 3.8) is 0 Å². The Kier molecular flexibility index (Phi) is 5.53. The number of nitrogens with one attached hydrogen (secondary N) is 2. The lowest BCUT2D eigenvalue weighted by molar-refractivity contribution is -0.126. The third-order valence-electron chi connectivity index (χ3n) is 3.79. The minimum absolute atomic E-state index is 0.0436. The largest absolute Gasteiger partial charge is 0.375 e. The van der Waals surface area contributed by atoms with Crippen LogP contribution in [0.2, 0.25) is 0 Å². The first-order valence-corrected chi connectivity index (χ1v) is 7.73. The number of rotatable bonds is 4. The summed E-state index contributed by atoms with van der Waals surface area (Å²) in [6, 6.07) is 6.13. The molecule has 1 aliphatic rings. The molecular weight excluding hydrogens is 283 g/mol. The highest BCUT2D eigenvalue weighted by atomic mass is 19.1. The number of halogens is 1. The molecule has 0 aromatic heterocycles. The number of hydrogen-bond acceptors (Lipinski definition) is 3. The van der Waals surface area contributed by atoms with E-state index in [2.05, 4.69) is 31.4 Å². The maximum Gasteiger partial charge on any atom is 0.223 e. The van der Waals surface area contributed by atoms with Gasteiger partial charge in [-0.05, 0) is 23.1 Å². The van der Waals surface area contributed by atoms with E-state index in [1.54, 1.807) is 12.1 Å². The first kappa shape index (κ1) is 16.9. The SMILES string of the molecule is CC(C)(C)C(NC(=O)CC1CNCCO1)c1ccc(F)cc1. The van der Waals surface area contributed by atoms with E-state index >= 15 is 0 Å². The van der Waals surface area contributed by atoms with Crippen LogP contribution in [-0.4, -0.2) is 31.7 Å². The second kappa shape index (κ2) is 7.20. The van der Waals surface area contributed by atoms with E-state index in [1.807, 2.05) is 0 Å². The van der Waals surface area contributed by atoms with Gasteiger partial charge in [-0.2, -0.15) is 0 Å². The van der Waals surface area contributed by atoms with E-state index in [0.29, 0.717) is 19.6 Å². The van der Waals surface area contributed by atoms with Crippen molar-refractivity contribution in [1.29, 1.82) is 0 Å². The van der Waals surface area contributed by atoms with Crippen LogP contribution in [0.15, 0.2) is 24.3 Å². The molecule has 2 atom stereocenters. The van der Waals surface area contributed by atoms with Gasteiger partial charge in [0.15, 0.2) is 0 Å². The molecule has 1 saturated heterocycles. The van der Waals surface area contributed by atoms with Gasteiger partial charge in [0.2, 0.25) is 5.91 Å². The first-order valence-electron chi connectivity index (χ1n) is 7.73. The van der Waals surface area contributed by atoms with Gasteiger partial charge < -0.3 is 15.4 Å². The van der Waals surface area contributed by atoms with Crippen molar-refractivity contribution in [3.8, 4) is 0 Å². The molecule has 5 heteroatoms. The number of amides is 1. The highest BCUT2D eigenvalue weighted by molar-refractivity contribution is 5.77. The summed E-state index contributed by atoms with van der Waals surface area (Å²) in [5, 5.41) is 6.29. The Bertz CT molecular complexity index is 490. The standard InChI is InChI=1S/C17H25FN2O2/c1-17(2,3)16(12-4-6-13(18)7-5-12)20-15(21)10-14-11-19-8-9-22-14/h4-7,14,16,19H,8-11H2,1-3H3,(H,20,21). The van der Waals surface area contributed by atoms with Crippen molar-refractivity contribution < 1.29 is 13.9 Å². The normalized spacial score (nSPS) is 20.5. The lowest BCUT2D eigenvalue weighted by atomic mass is 9.82. The summed E-state index contributed by atoms with van der Waals surface area (Å²) < 4.78 is 18.7. The molecule has 2 N–H and O–H groups in total. The van der Waals surface area contributed by atoms with Crippen LogP contribution in [0.3, 0.4) is 0 Å². The van der Waals surface area contributed by atoms with Crippen molar-refractivity contribution in [2.75, 3.05) is 19.7 Å². The van der Waals surface area contributed by atoms with Crippen molar-refractivity contribution in [2.45, 2.75) is 39.3 Å². The summed E-state index contributed by atoms with van der Waals surface area (Å²) in [7, 11) is 0. The molecule has 1 fully saturated rings. The smallest absolute Gasteiger partial charge is 0.223 e. The molecule has 0 aliphatic carbocycles. The van der Waals surface area contributed by atoms with E-state index in [0.717, 1.165) is 12.1 Å². The molecule has 0 spiro atoms. The molecule has 0 bridgehead atoms. The average Bonchev–Trinajstić information content (AvgIpc) is 2.46. The van der Waals surface area contributed by atoms with Crippen LogP contribution in [0.5, 0.6) is 0 Å². The average molecular weight is 308 g/mol. The second-order valence-corrected chi connectivity index (χ2v) is 6.82. The predicted octanol–water partition coefficient (Wildman–Crippen LogP) is 2.41. The molecule has 0 radical (unpaired) electrons. The zero-order valence-electron chi connectivity index (χ0n) is 13.5. The molecule has 0 saturated carbocycles. The topological polar surface area (TPSA) is 50.4 Å². The van der Waals surface area contributed by atoms with Gasteiger partial charge in [0.05, 0.1) is 25.2 Å². The van der Waals surface area contributed by atoms with Crippen molar-refractivity contribution in [1.82, 2.24) is 10.6 Å². The summed E-state index contributed by atoms with van der Waals surface area (Å²) in [4.78, 5) is 12.3. The lowest BCUT2D eigenvalue weighted by Crippen LogP contribution is -2.43. The van der Waals surface area contributed by atoms with Crippen molar-refractivity contribution in [3.05, 3.63) is 35.6 Å². The molecule has 4 nitrogen and oxygen atoms in total. The highest BCUT2D eigenvalue weighted by Gasteiger charge is 2.29. The summed E-state index contributed by atoms with van der Waals surface area (Å²) in [6.07, 6.45) is 0.253. The minimum Gasteiger partial charge on any atom is -0.375 e. The predicted molar refractivity (Wildman–Crippen MR) is 84.0 cm³/mol. The zero-order valence-corrected chi connectivity index (χ0v) is 13.5. The Morgan fingerprint density at radius 2 is 2.09 bits per heavy atom. The summed E-state index contributed by atoms with van der Waals surface area (Å²) in [6.45, 7) is 8.33. The number of carbonyl (C=O) groups is 1.